The Morgan fingerprint density at radius 1 is 1.14 bits per heavy atom. The maximum Gasteiger partial charge on any atom is 0.253 e. The standard InChI is InChI=1S/C27H33N5O4/c1-27(2,3)30-26(34)21-9-5-6-10-22(21)28-25(33)19-8-7-15-32(16-19)17-23-29-24(31-36-23)18-11-13-20(35-4)14-12-18/h5-6,9-14,19H,7-8,15-17H2,1-4H3,(H,28,33)(H,30,34). The van der Waals surface area contributed by atoms with Crippen molar-refractivity contribution in [2.45, 2.75) is 45.7 Å². The summed E-state index contributed by atoms with van der Waals surface area (Å²) in [5.41, 5.74) is 1.43. The van der Waals surface area contributed by atoms with Gasteiger partial charge in [-0.3, -0.25) is 14.5 Å². The van der Waals surface area contributed by atoms with Crippen molar-refractivity contribution in [3.8, 4) is 17.1 Å². The average Bonchev–Trinajstić information content (AvgIpc) is 3.32. The predicted octanol–water partition coefficient (Wildman–Crippen LogP) is 4.12. The van der Waals surface area contributed by atoms with E-state index in [1.54, 1.807) is 25.3 Å². The third-order valence-electron chi connectivity index (χ3n) is 5.97. The van der Waals surface area contributed by atoms with Crippen LogP contribution in [0, 0.1) is 5.92 Å². The van der Waals surface area contributed by atoms with Gasteiger partial charge in [-0.25, -0.2) is 0 Å². The number of amides is 2. The fraction of sp³-hybridized carbons (Fsp3) is 0.407. The van der Waals surface area contributed by atoms with Crippen LogP contribution in [0.5, 0.6) is 5.75 Å². The van der Waals surface area contributed by atoms with Gasteiger partial charge in [-0.1, -0.05) is 17.3 Å². The van der Waals surface area contributed by atoms with Crippen LogP contribution < -0.4 is 15.4 Å². The molecule has 2 N–H and O–H groups in total. The second-order valence-corrected chi connectivity index (χ2v) is 10.1. The maximum atomic E-state index is 13.1. The Hall–Kier alpha value is -3.72. The van der Waals surface area contributed by atoms with Crippen molar-refractivity contribution in [1.82, 2.24) is 20.4 Å². The van der Waals surface area contributed by atoms with Crippen LogP contribution >= 0.6 is 0 Å². The van der Waals surface area contributed by atoms with Crippen molar-refractivity contribution < 1.29 is 18.8 Å². The number of piperidine rings is 1. The number of carbonyl (C=O) groups is 2. The maximum absolute atomic E-state index is 13.1. The van der Waals surface area contributed by atoms with E-state index in [2.05, 4.69) is 25.7 Å². The molecule has 2 heterocycles. The summed E-state index contributed by atoms with van der Waals surface area (Å²) in [5.74, 6) is 1.27. The molecule has 2 amide bonds. The molecule has 4 rings (SSSR count). The minimum Gasteiger partial charge on any atom is -0.497 e. The van der Waals surface area contributed by atoms with E-state index in [1.165, 1.54) is 0 Å². The molecule has 1 aliphatic heterocycles. The van der Waals surface area contributed by atoms with Crippen molar-refractivity contribution in [3.05, 3.63) is 60.0 Å². The van der Waals surface area contributed by atoms with Gasteiger partial charge < -0.3 is 19.9 Å². The van der Waals surface area contributed by atoms with Gasteiger partial charge >= 0.3 is 0 Å². The number of rotatable bonds is 7. The third kappa shape index (κ3) is 6.48. The first kappa shape index (κ1) is 25.4. The highest BCUT2D eigenvalue weighted by Crippen LogP contribution is 2.24. The van der Waals surface area contributed by atoms with E-state index in [1.807, 2.05) is 51.1 Å². The number of hydrogen-bond donors (Lipinski definition) is 2. The van der Waals surface area contributed by atoms with Crippen LogP contribution in [0.15, 0.2) is 53.1 Å². The minimum absolute atomic E-state index is 0.0971. The van der Waals surface area contributed by atoms with E-state index in [9.17, 15) is 9.59 Å². The number of methoxy groups -OCH3 is 1. The zero-order valence-corrected chi connectivity index (χ0v) is 21.2. The van der Waals surface area contributed by atoms with Gasteiger partial charge in [-0.15, -0.1) is 0 Å². The fourth-order valence-electron chi connectivity index (χ4n) is 4.21. The van der Waals surface area contributed by atoms with Crippen LogP contribution in [0.25, 0.3) is 11.4 Å². The van der Waals surface area contributed by atoms with Gasteiger partial charge in [0.15, 0.2) is 0 Å². The summed E-state index contributed by atoms with van der Waals surface area (Å²) in [6.45, 7) is 7.65. The molecule has 1 fully saturated rings. The smallest absolute Gasteiger partial charge is 0.253 e. The minimum atomic E-state index is -0.375. The van der Waals surface area contributed by atoms with Gasteiger partial charge in [0.05, 0.1) is 30.8 Å². The molecule has 0 spiro atoms. The quantitative estimate of drug-likeness (QED) is 0.511. The Balaban J connectivity index is 1.37. The lowest BCUT2D eigenvalue weighted by atomic mass is 9.96. The summed E-state index contributed by atoms with van der Waals surface area (Å²) in [6.07, 6.45) is 1.66. The van der Waals surface area contributed by atoms with E-state index >= 15 is 0 Å². The number of anilines is 1. The SMILES string of the molecule is COc1ccc(-c2noc(CN3CCCC(C(=O)Nc4ccccc4C(=O)NC(C)(C)C)C3)n2)cc1. The Morgan fingerprint density at radius 2 is 1.89 bits per heavy atom. The number of likely N-dealkylation sites (tertiary alicyclic amines) is 1. The Kier molecular flexibility index (Phi) is 7.69. The highest BCUT2D eigenvalue weighted by atomic mass is 16.5. The molecule has 190 valence electrons. The van der Waals surface area contributed by atoms with Gasteiger partial charge in [0.2, 0.25) is 17.6 Å². The molecule has 3 aromatic rings. The van der Waals surface area contributed by atoms with Crippen molar-refractivity contribution in [2.75, 3.05) is 25.5 Å². The molecule has 2 aromatic carbocycles. The molecule has 1 aliphatic rings. The second kappa shape index (κ2) is 10.9. The molecule has 9 heteroatoms. The second-order valence-electron chi connectivity index (χ2n) is 10.1. The van der Waals surface area contributed by atoms with Gasteiger partial charge in [-0.2, -0.15) is 4.98 Å². The average molecular weight is 492 g/mol. The predicted molar refractivity (Wildman–Crippen MR) is 137 cm³/mol. The largest absolute Gasteiger partial charge is 0.497 e. The molecule has 0 bridgehead atoms. The molecule has 1 atom stereocenters. The van der Waals surface area contributed by atoms with E-state index < -0.39 is 0 Å². The van der Waals surface area contributed by atoms with Crippen LogP contribution in [0.2, 0.25) is 0 Å². The summed E-state index contributed by atoms with van der Waals surface area (Å²) in [7, 11) is 1.62. The highest BCUT2D eigenvalue weighted by Gasteiger charge is 2.28. The molecule has 0 radical (unpaired) electrons. The number of ether oxygens (including phenoxy) is 1. The van der Waals surface area contributed by atoms with Gasteiger partial charge in [0.1, 0.15) is 5.75 Å². The molecule has 1 unspecified atom stereocenters. The normalized spacial score (nSPS) is 16.4. The highest BCUT2D eigenvalue weighted by molar-refractivity contribution is 6.04. The molecule has 1 aromatic heterocycles. The van der Waals surface area contributed by atoms with Crippen LogP contribution in [0.4, 0.5) is 5.69 Å². The number of carbonyl (C=O) groups excluding carboxylic acids is 2. The zero-order valence-electron chi connectivity index (χ0n) is 21.2. The monoisotopic (exact) mass is 491 g/mol. The molecule has 0 aliphatic carbocycles. The third-order valence-corrected chi connectivity index (χ3v) is 5.97. The van der Waals surface area contributed by atoms with Gasteiger partial charge in [0.25, 0.3) is 5.91 Å². The summed E-state index contributed by atoms with van der Waals surface area (Å²) < 4.78 is 10.7. The van der Waals surface area contributed by atoms with E-state index in [0.717, 1.165) is 30.7 Å². The fourth-order valence-corrected chi connectivity index (χ4v) is 4.21. The lowest BCUT2D eigenvalue weighted by Crippen LogP contribution is -2.42. The first-order valence-electron chi connectivity index (χ1n) is 12.1. The molecule has 9 nitrogen and oxygen atoms in total. The molecular formula is C27H33N5O4. The number of benzene rings is 2. The number of nitrogens with zero attached hydrogens (tertiary/aromatic N) is 3. The van der Waals surface area contributed by atoms with Crippen molar-refractivity contribution in [2.24, 2.45) is 5.92 Å². The summed E-state index contributed by atoms with van der Waals surface area (Å²) in [5, 5.41) is 10.0. The number of nitrogens with one attached hydrogen (secondary N) is 2. The number of hydrogen-bond acceptors (Lipinski definition) is 7. The van der Waals surface area contributed by atoms with Crippen molar-refractivity contribution >= 4 is 17.5 Å². The van der Waals surface area contributed by atoms with Crippen LogP contribution in [0.1, 0.15) is 49.9 Å². The first-order chi connectivity index (χ1) is 17.2. The lowest BCUT2D eigenvalue weighted by molar-refractivity contribution is -0.121. The number of aromatic nitrogens is 2. The van der Waals surface area contributed by atoms with Crippen LogP contribution in [0.3, 0.4) is 0 Å². The molecule has 0 saturated carbocycles. The topological polar surface area (TPSA) is 110 Å². The van der Waals surface area contributed by atoms with E-state index in [-0.39, 0.29) is 23.3 Å². The van der Waals surface area contributed by atoms with Gasteiger partial charge in [-0.05, 0) is 76.6 Å². The van der Waals surface area contributed by atoms with E-state index in [0.29, 0.717) is 36.1 Å². The Morgan fingerprint density at radius 3 is 2.61 bits per heavy atom. The van der Waals surface area contributed by atoms with E-state index in [4.69, 9.17) is 9.26 Å². The van der Waals surface area contributed by atoms with Gasteiger partial charge in [0, 0.05) is 17.6 Å². The first-order valence-corrected chi connectivity index (χ1v) is 12.1. The lowest BCUT2D eigenvalue weighted by Gasteiger charge is -2.31. The molecule has 36 heavy (non-hydrogen) atoms. The molecular weight excluding hydrogens is 458 g/mol. The molecule has 1 saturated heterocycles. The summed E-state index contributed by atoms with van der Waals surface area (Å²) in [6, 6.07) is 14.6. The van der Waals surface area contributed by atoms with Crippen molar-refractivity contribution in [1.29, 1.82) is 0 Å². The Labute approximate surface area is 211 Å². The Bertz CT molecular complexity index is 1200. The van der Waals surface area contributed by atoms with Crippen LogP contribution in [-0.2, 0) is 11.3 Å². The van der Waals surface area contributed by atoms with Crippen LogP contribution in [-0.4, -0.2) is 52.6 Å². The number of para-hydroxylation sites is 1. The summed E-state index contributed by atoms with van der Waals surface area (Å²) in [4.78, 5) is 32.5. The zero-order chi connectivity index (χ0) is 25.7. The summed E-state index contributed by atoms with van der Waals surface area (Å²) >= 11 is 0. The van der Waals surface area contributed by atoms with Crippen molar-refractivity contribution in [3.63, 3.8) is 0 Å².